The van der Waals surface area contributed by atoms with Gasteiger partial charge in [-0.05, 0) is 36.6 Å². The van der Waals surface area contributed by atoms with E-state index in [0.717, 1.165) is 24.1 Å². The van der Waals surface area contributed by atoms with Crippen LogP contribution in [0.25, 0.3) is 0 Å². The van der Waals surface area contributed by atoms with Crippen molar-refractivity contribution >= 4 is 17.9 Å². The summed E-state index contributed by atoms with van der Waals surface area (Å²) in [5, 5.41) is 8.75. The molecule has 1 N–H and O–H groups in total. The second-order valence-electron chi connectivity index (χ2n) is 3.00. The summed E-state index contributed by atoms with van der Waals surface area (Å²) < 4.78 is 0. The Kier molecular flexibility index (Phi) is 1.85. The van der Waals surface area contributed by atoms with Crippen LogP contribution >= 0.6 is 0 Å². The van der Waals surface area contributed by atoms with E-state index < -0.39 is 5.97 Å². The maximum Gasteiger partial charge on any atom is 0.335 e. The van der Waals surface area contributed by atoms with Crippen LogP contribution in [0.5, 0.6) is 0 Å². The first-order chi connectivity index (χ1) is 6.27. The fourth-order valence-corrected chi connectivity index (χ4v) is 1.43. The van der Waals surface area contributed by atoms with Crippen molar-refractivity contribution in [3.8, 4) is 0 Å². The number of benzene rings is 1. The minimum Gasteiger partial charge on any atom is -0.478 e. The summed E-state index contributed by atoms with van der Waals surface area (Å²) in [5.74, 6) is -0.877. The molecule has 2 rings (SSSR count). The Morgan fingerprint density at radius 1 is 1.46 bits per heavy atom. The summed E-state index contributed by atoms with van der Waals surface area (Å²) in [5.41, 5.74) is 2.27. The molecule has 0 amide bonds. The van der Waals surface area contributed by atoms with Crippen LogP contribution in [0.2, 0.25) is 0 Å². The SMILES string of the molecule is O=C(O)c1ccc2c(c1)CCC=N2. The summed E-state index contributed by atoms with van der Waals surface area (Å²) in [6, 6.07) is 5.05. The fraction of sp³-hybridized carbons (Fsp3) is 0.200. The topological polar surface area (TPSA) is 49.7 Å². The summed E-state index contributed by atoms with van der Waals surface area (Å²) in [4.78, 5) is 14.8. The first-order valence-electron chi connectivity index (χ1n) is 4.16. The largest absolute Gasteiger partial charge is 0.478 e. The molecule has 1 aromatic carbocycles. The zero-order valence-electron chi connectivity index (χ0n) is 7.03. The zero-order chi connectivity index (χ0) is 9.26. The van der Waals surface area contributed by atoms with Crippen molar-refractivity contribution in [2.24, 2.45) is 4.99 Å². The minimum atomic E-state index is -0.877. The Hall–Kier alpha value is -1.64. The van der Waals surface area contributed by atoms with E-state index in [0.29, 0.717) is 5.56 Å². The second-order valence-corrected chi connectivity index (χ2v) is 3.00. The maximum absolute atomic E-state index is 10.6. The second kappa shape index (κ2) is 3.01. The van der Waals surface area contributed by atoms with Gasteiger partial charge in [-0.2, -0.15) is 0 Å². The van der Waals surface area contributed by atoms with Gasteiger partial charge in [0.25, 0.3) is 0 Å². The van der Waals surface area contributed by atoms with Crippen molar-refractivity contribution in [3.63, 3.8) is 0 Å². The maximum atomic E-state index is 10.6. The molecular formula is C10H9NO2. The van der Waals surface area contributed by atoms with Crippen molar-refractivity contribution in [1.82, 2.24) is 0 Å². The van der Waals surface area contributed by atoms with Crippen LogP contribution in [0.1, 0.15) is 22.3 Å². The number of hydrogen-bond donors (Lipinski definition) is 1. The first kappa shape index (κ1) is 7.98. The molecule has 0 unspecified atom stereocenters. The zero-order valence-corrected chi connectivity index (χ0v) is 7.03. The number of fused-ring (bicyclic) bond motifs is 1. The standard InChI is InChI=1S/C10H9NO2/c12-10(13)8-3-4-9-7(6-8)2-1-5-11-9/h3-6H,1-2H2,(H,12,13). The average molecular weight is 175 g/mol. The molecule has 66 valence electrons. The molecule has 1 aromatic rings. The van der Waals surface area contributed by atoms with Crippen LogP contribution in [0.3, 0.4) is 0 Å². The van der Waals surface area contributed by atoms with Gasteiger partial charge in [0, 0.05) is 6.21 Å². The predicted octanol–water partition coefficient (Wildman–Crippen LogP) is 2.03. The lowest BCUT2D eigenvalue weighted by Gasteiger charge is -2.09. The fourth-order valence-electron chi connectivity index (χ4n) is 1.43. The minimum absolute atomic E-state index is 0.343. The molecule has 3 heteroatoms. The van der Waals surface area contributed by atoms with E-state index in [2.05, 4.69) is 4.99 Å². The van der Waals surface area contributed by atoms with E-state index in [1.54, 1.807) is 18.2 Å². The van der Waals surface area contributed by atoms with Crippen LogP contribution in [0.4, 0.5) is 5.69 Å². The van der Waals surface area contributed by atoms with Crippen molar-refractivity contribution in [2.45, 2.75) is 12.8 Å². The van der Waals surface area contributed by atoms with E-state index in [4.69, 9.17) is 5.11 Å². The van der Waals surface area contributed by atoms with Crippen molar-refractivity contribution in [2.75, 3.05) is 0 Å². The van der Waals surface area contributed by atoms with Gasteiger partial charge in [-0.15, -0.1) is 0 Å². The molecule has 3 nitrogen and oxygen atoms in total. The number of nitrogens with zero attached hydrogens (tertiary/aromatic N) is 1. The molecule has 0 atom stereocenters. The van der Waals surface area contributed by atoms with E-state index in [1.807, 2.05) is 6.21 Å². The monoisotopic (exact) mass is 175 g/mol. The Labute approximate surface area is 75.7 Å². The predicted molar refractivity (Wildman–Crippen MR) is 49.9 cm³/mol. The molecule has 0 spiro atoms. The molecular weight excluding hydrogens is 166 g/mol. The molecule has 1 aliphatic heterocycles. The quantitative estimate of drug-likeness (QED) is 0.709. The van der Waals surface area contributed by atoms with Crippen LogP contribution in [0.15, 0.2) is 23.2 Å². The molecule has 0 radical (unpaired) electrons. The third-order valence-electron chi connectivity index (χ3n) is 2.10. The number of aryl methyl sites for hydroxylation is 1. The smallest absolute Gasteiger partial charge is 0.335 e. The van der Waals surface area contributed by atoms with Crippen LogP contribution in [-0.2, 0) is 6.42 Å². The van der Waals surface area contributed by atoms with Gasteiger partial charge in [0.15, 0.2) is 0 Å². The van der Waals surface area contributed by atoms with E-state index in [-0.39, 0.29) is 0 Å². The van der Waals surface area contributed by atoms with Gasteiger partial charge in [0.1, 0.15) is 0 Å². The molecule has 0 aliphatic carbocycles. The molecule has 0 saturated heterocycles. The highest BCUT2D eigenvalue weighted by molar-refractivity contribution is 5.88. The highest BCUT2D eigenvalue weighted by atomic mass is 16.4. The van der Waals surface area contributed by atoms with Crippen LogP contribution < -0.4 is 0 Å². The summed E-state index contributed by atoms with van der Waals surface area (Å²) in [7, 11) is 0. The van der Waals surface area contributed by atoms with E-state index in [9.17, 15) is 4.79 Å². The molecule has 1 heterocycles. The van der Waals surface area contributed by atoms with E-state index >= 15 is 0 Å². The number of carbonyl (C=O) groups is 1. The molecule has 13 heavy (non-hydrogen) atoms. The number of carboxylic acid groups (broad SMARTS) is 1. The highest BCUT2D eigenvalue weighted by Crippen LogP contribution is 2.24. The number of aromatic carboxylic acids is 1. The third-order valence-corrected chi connectivity index (χ3v) is 2.10. The van der Waals surface area contributed by atoms with Gasteiger partial charge in [-0.1, -0.05) is 0 Å². The van der Waals surface area contributed by atoms with Gasteiger partial charge in [0.2, 0.25) is 0 Å². The number of hydrogen-bond acceptors (Lipinski definition) is 2. The van der Waals surface area contributed by atoms with Gasteiger partial charge in [0.05, 0.1) is 11.3 Å². The highest BCUT2D eigenvalue weighted by Gasteiger charge is 2.09. The number of aliphatic imine (C=N–C) groups is 1. The average Bonchev–Trinajstić information content (AvgIpc) is 2.17. The molecule has 1 aliphatic rings. The van der Waals surface area contributed by atoms with Crippen molar-refractivity contribution in [1.29, 1.82) is 0 Å². The van der Waals surface area contributed by atoms with E-state index in [1.165, 1.54) is 0 Å². The lowest BCUT2D eigenvalue weighted by molar-refractivity contribution is 0.0697. The molecule has 0 fully saturated rings. The lowest BCUT2D eigenvalue weighted by Crippen LogP contribution is -2.00. The summed E-state index contributed by atoms with van der Waals surface area (Å²) in [6.07, 6.45) is 3.65. The van der Waals surface area contributed by atoms with Gasteiger partial charge in [-0.3, -0.25) is 4.99 Å². The Balaban J connectivity index is 2.48. The number of rotatable bonds is 1. The normalized spacial score (nSPS) is 13.8. The molecule has 0 aromatic heterocycles. The molecule has 0 saturated carbocycles. The van der Waals surface area contributed by atoms with Crippen molar-refractivity contribution in [3.05, 3.63) is 29.3 Å². The number of carboxylic acids is 1. The Morgan fingerprint density at radius 2 is 2.31 bits per heavy atom. The van der Waals surface area contributed by atoms with Crippen LogP contribution in [0, 0.1) is 0 Å². The van der Waals surface area contributed by atoms with Gasteiger partial charge in [-0.25, -0.2) is 4.79 Å². The van der Waals surface area contributed by atoms with Gasteiger partial charge < -0.3 is 5.11 Å². The van der Waals surface area contributed by atoms with Gasteiger partial charge >= 0.3 is 5.97 Å². The third kappa shape index (κ3) is 1.45. The first-order valence-corrected chi connectivity index (χ1v) is 4.16. The molecule has 0 bridgehead atoms. The lowest BCUT2D eigenvalue weighted by atomic mass is 10.0. The Morgan fingerprint density at radius 3 is 3.08 bits per heavy atom. The van der Waals surface area contributed by atoms with Crippen molar-refractivity contribution < 1.29 is 9.90 Å². The summed E-state index contributed by atoms with van der Waals surface area (Å²) >= 11 is 0. The van der Waals surface area contributed by atoms with Crippen LogP contribution in [-0.4, -0.2) is 17.3 Å². The Bertz CT molecular complexity index is 383. The summed E-state index contributed by atoms with van der Waals surface area (Å²) in [6.45, 7) is 0.